The van der Waals surface area contributed by atoms with Crippen LogP contribution in [0.4, 0.5) is 0 Å². The number of esters is 3. The van der Waals surface area contributed by atoms with Gasteiger partial charge in [-0.25, -0.2) is 4.79 Å². The Hall–Kier alpha value is -12.7. The summed E-state index contributed by atoms with van der Waals surface area (Å²) in [6.07, 6.45) is 3.04. The molecule has 3 saturated heterocycles. The molecule has 7 N–H and O–H groups in total. The fourth-order valence-corrected chi connectivity index (χ4v) is 19.3. The van der Waals surface area contributed by atoms with Gasteiger partial charge in [-0.1, -0.05) is 229 Å². The normalized spacial score (nSPS) is 18.8. The molecule has 18 rings (SSSR count). The number of hydrogen-bond donors (Lipinski definition) is 6. The second-order valence-corrected chi connectivity index (χ2v) is 34.8. The first-order chi connectivity index (χ1) is 61.6. The van der Waals surface area contributed by atoms with Gasteiger partial charge in [-0.2, -0.15) is 5.06 Å². The Balaban J connectivity index is 0.000000177. The number of Topliss-reactive ketones (excluding diaryl/α,β-unsaturated/α-hetero) is 2. The van der Waals surface area contributed by atoms with Crippen molar-refractivity contribution in [3.8, 4) is 44.5 Å². The number of fused-ring (bicyclic) bond motifs is 12. The fourth-order valence-electron chi connectivity index (χ4n) is 19.3. The van der Waals surface area contributed by atoms with E-state index in [0.29, 0.717) is 23.3 Å². The highest BCUT2D eigenvalue weighted by Gasteiger charge is 2.69. The molecule has 3 aliphatic heterocycles. The van der Waals surface area contributed by atoms with Crippen molar-refractivity contribution in [1.82, 2.24) is 15.4 Å². The summed E-state index contributed by atoms with van der Waals surface area (Å²) in [5.74, 6) is -9.18. The van der Waals surface area contributed by atoms with E-state index in [0.717, 1.165) is 90.7 Å². The molecule has 0 unspecified atom stereocenters. The Morgan fingerprint density at radius 3 is 1.11 bits per heavy atom. The van der Waals surface area contributed by atoms with Crippen molar-refractivity contribution in [2.45, 2.75) is 192 Å². The number of nitrogens with zero attached hydrogens (tertiary/aromatic N) is 2. The molecule has 6 fully saturated rings. The lowest BCUT2D eigenvalue weighted by atomic mass is 9.43. The fraction of sp³-hybridized carbons (Fsp3) is 0.386. The lowest BCUT2D eigenvalue weighted by Gasteiger charge is -2.64. The summed E-state index contributed by atoms with van der Waals surface area (Å²) in [7, 11) is 3.11. The first-order valence-corrected chi connectivity index (χ1v) is 43.3. The number of hydrogen-bond acceptors (Lipinski definition) is 22. The topological polar surface area (TPSA) is 420 Å². The highest BCUT2D eigenvalue weighted by molar-refractivity contribution is 6.48. The van der Waals surface area contributed by atoms with Crippen LogP contribution >= 0.6 is 12.4 Å². The van der Waals surface area contributed by atoms with Crippen molar-refractivity contribution in [3.63, 3.8) is 0 Å². The third kappa shape index (κ3) is 23.0. The van der Waals surface area contributed by atoms with Crippen LogP contribution in [0.3, 0.4) is 0 Å². The van der Waals surface area contributed by atoms with E-state index in [1.54, 1.807) is 0 Å². The number of carbonyl (C=O) groups is 14. The number of carbonyl (C=O) groups excluding carboxylic acids is 11. The number of nitrogens with one attached hydrogen (secondary N) is 1. The average molecular weight is 1810 g/mol. The second kappa shape index (κ2) is 44.3. The number of ketones is 2. The van der Waals surface area contributed by atoms with Crippen LogP contribution in [0.2, 0.25) is 0 Å². The Morgan fingerprint density at radius 1 is 0.458 bits per heavy atom. The van der Waals surface area contributed by atoms with E-state index in [2.05, 4.69) is 85.8 Å². The molecule has 0 aromatic heterocycles. The zero-order chi connectivity index (χ0) is 92.9. The minimum Gasteiger partial charge on any atom is -0.481 e. The number of nitrogens with two attached hydrogens (primary N) is 1. The van der Waals surface area contributed by atoms with Gasteiger partial charge in [0.05, 0.1) is 82.9 Å². The van der Waals surface area contributed by atoms with E-state index in [4.69, 9.17) is 40.0 Å². The van der Waals surface area contributed by atoms with Crippen molar-refractivity contribution in [1.29, 1.82) is 0 Å². The standard InChI is InChI=1S/C36H46BNO6.C21H20O5.C19H15NO4.C15H12O2.C5H9NO4.C4H5NO3.CH4.ClH/c1-21(2)15-32(37-43-31-19-23-18-30(35(23,3)4)36(31,5)44-37)38-34(41)22(17-33(40)42-6)16-24(39)20-29-27-13-9-7-11-25(27)26-12-8-10-14-28(26)29;1-26-20(23)11-13(21(24)25)10-14(22)12-19-17-8-4-2-6-15(17)16-7-3-5-9-18(16)19;21-17-9-10-18(22)20(17)24-19(23)11-16-14-7-3-1-5-12(14)13-6-2-4-8-15(13)16;16-15(17)9-14-12-7-3-1-5-10(12)11-6-2-4-8-13(11)14;1-10-4(7)2-3(6)5(8)9;6-3-1-2-4(7)5(3)8;;/h7-14,21-23,29-32H,15-20H2,1-6H3,(H,38,41);2-9,13,19H,10-12H2,1H3,(H,24,25);1-8,16H,9-11H2;1-8,14H,9H2,(H,16,17);3H,2,6H2,1H3,(H,8,9);8H,1-2H2;1H4;1H/t22-,23-,30-,31+,32-,36-;13-;;;3-;;;/m00..0.../s1. The van der Waals surface area contributed by atoms with E-state index in [-0.39, 0.29) is 167 Å². The molecule has 3 saturated carbocycles. The van der Waals surface area contributed by atoms with Gasteiger partial charge in [-0.05, 0) is 138 Å². The Kier molecular flexibility index (Phi) is 34.0. The summed E-state index contributed by atoms with van der Waals surface area (Å²) >= 11 is 0. The molecule has 8 aromatic carbocycles. The van der Waals surface area contributed by atoms with E-state index >= 15 is 0 Å². The molecular weight excluding hydrogens is 1700 g/mol. The highest BCUT2D eigenvalue weighted by atomic mass is 35.5. The molecule has 690 valence electrons. The maximum Gasteiger partial charge on any atom is 0.481 e. The van der Waals surface area contributed by atoms with Crippen LogP contribution in [0.25, 0.3) is 44.5 Å². The minimum absolute atomic E-state index is 0. The summed E-state index contributed by atoms with van der Waals surface area (Å²) in [5, 5.41) is 38.9. The first-order valence-electron chi connectivity index (χ1n) is 43.3. The van der Waals surface area contributed by atoms with Crippen LogP contribution < -0.4 is 11.1 Å². The first kappa shape index (κ1) is 100. The maximum absolute atomic E-state index is 13.9. The number of methoxy groups -OCH3 is 3. The van der Waals surface area contributed by atoms with Gasteiger partial charge >= 0.3 is 48.9 Å². The number of amides is 5. The van der Waals surface area contributed by atoms with Gasteiger partial charge in [0, 0.05) is 75.0 Å². The van der Waals surface area contributed by atoms with Crippen molar-refractivity contribution >= 4 is 102 Å². The van der Waals surface area contributed by atoms with Crippen LogP contribution in [0.1, 0.15) is 213 Å². The quantitative estimate of drug-likeness (QED) is 0.00964. The molecule has 28 nitrogen and oxygen atoms in total. The smallest absolute Gasteiger partial charge is 0.481 e. The number of benzene rings is 8. The van der Waals surface area contributed by atoms with Gasteiger partial charge < -0.3 is 54.7 Å². The number of halogens is 1. The van der Waals surface area contributed by atoms with Crippen molar-refractivity contribution < 1.29 is 116 Å². The predicted molar refractivity (Wildman–Crippen MR) is 486 cm³/mol. The maximum atomic E-state index is 13.9. The molecule has 2 bridgehead atoms. The third-order valence-electron chi connectivity index (χ3n) is 25.9. The largest absolute Gasteiger partial charge is 0.481 e. The highest BCUT2D eigenvalue weighted by Crippen LogP contribution is 2.66. The predicted octanol–water partition coefficient (Wildman–Crippen LogP) is 15.2. The van der Waals surface area contributed by atoms with Crippen LogP contribution in [0.5, 0.6) is 0 Å². The molecule has 0 spiro atoms. The Labute approximate surface area is 767 Å². The average Bonchev–Trinajstić information content (AvgIpc) is 1.66. The van der Waals surface area contributed by atoms with Crippen LogP contribution in [0.15, 0.2) is 194 Å². The molecule has 10 aliphatic rings. The van der Waals surface area contributed by atoms with Gasteiger partial charge in [0.25, 0.3) is 23.6 Å². The molecule has 3 heterocycles. The molecule has 5 amide bonds. The molecule has 30 heteroatoms. The monoisotopic (exact) mass is 1810 g/mol. The zero-order valence-corrected chi connectivity index (χ0v) is 74.4. The van der Waals surface area contributed by atoms with Gasteiger partial charge in [-0.15, -0.1) is 17.5 Å². The summed E-state index contributed by atoms with van der Waals surface area (Å²) < 4.78 is 26.9. The van der Waals surface area contributed by atoms with Crippen molar-refractivity contribution in [3.05, 3.63) is 239 Å². The summed E-state index contributed by atoms with van der Waals surface area (Å²) in [6.45, 7) is 11.0. The molecule has 131 heavy (non-hydrogen) atoms. The summed E-state index contributed by atoms with van der Waals surface area (Å²) in [6, 6.07) is 63.2. The number of rotatable bonds is 26. The van der Waals surface area contributed by atoms with Crippen LogP contribution in [-0.4, -0.2) is 166 Å². The SMILES string of the molecule is C.COC(=O)C[C@H](CC(=O)CC1c2ccccc2-c2ccccc21)C(=O)N[C@@H](CC(C)C)B1O[C@@H]2C[C@@H]3C[C@@H](C3(C)C)[C@]2(C)O1.COC(=O)C[C@H](CC(=O)CC1c2ccccc2-c2ccccc21)C(=O)O.COC(=O)C[C@H](N)C(=O)O.Cl.O=C(CC1c2ccccc2-c2ccccc21)ON1C(=O)CCC1=O.O=C(O)CC1c2ccccc2-c2ccccc21.O=C1CCC(=O)N1O. The lowest BCUT2D eigenvalue weighted by molar-refractivity contribution is -0.199. The summed E-state index contributed by atoms with van der Waals surface area (Å²) in [4.78, 5) is 168. The third-order valence-corrected chi connectivity index (χ3v) is 25.9. The molecular formula is C101H112BClN4O24. The van der Waals surface area contributed by atoms with Gasteiger partial charge in [0.2, 0.25) is 5.91 Å². The van der Waals surface area contributed by atoms with Crippen LogP contribution in [-0.2, 0) is 95.5 Å². The van der Waals surface area contributed by atoms with E-state index in [9.17, 15) is 72.2 Å². The Bertz CT molecular complexity index is 5400. The van der Waals surface area contributed by atoms with E-state index < -0.39 is 102 Å². The summed E-state index contributed by atoms with van der Waals surface area (Å²) in [5.41, 5.74) is 22.7. The minimum atomic E-state index is -1.20. The number of hydroxylamine groups is 4. The van der Waals surface area contributed by atoms with E-state index in [1.165, 1.54) is 32.5 Å². The van der Waals surface area contributed by atoms with Crippen molar-refractivity contribution in [2.75, 3.05) is 21.3 Å². The molecule has 8 atom stereocenters. The molecule has 7 aliphatic carbocycles. The van der Waals surface area contributed by atoms with Crippen molar-refractivity contribution in [2.24, 2.45) is 40.7 Å². The number of carboxylic acid groups (broad SMARTS) is 3. The van der Waals surface area contributed by atoms with E-state index in [1.807, 2.05) is 158 Å². The number of aliphatic carboxylic acids is 3. The number of ether oxygens (including phenoxy) is 3. The Morgan fingerprint density at radius 2 is 0.786 bits per heavy atom. The number of imide groups is 2. The van der Waals surface area contributed by atoms with Gasteiger partial charge in [-0.3, -0.25) is 67.5 Å². The molecule has 8 aromatic rings. The second-order valence-electron chi connectivity index (χ2n) is 34.8. The number of carboxylic acids is 3. The molecule has 0 radical (unpaired) electrons. The lowest BCUT2D eigenvalue weighted by Crippen LogP contribution is -2.65. The zero-order valence-electron chi connectivity index (χ0n) is 73.6. The van der Waals surface area contributed by atoms with Gasteiger partial charge in [0.15, 0.2) is 0 Å². The van der Waals surface area contributed by atoms with Crippen LogP contribution in [0, 0.1) is 35.0 Å². The van der Waals surface area contributed by atoms with Gasteiger partial charge in [0.1, 0.15) is 17.6 Å².